The highest BCUT2D eigenvalue weighted by Gasteiger charge is 2.29. The van der Waals surface area contributed by atoms with Gasteiger partial charge in [0.05, 0.1) is 26.4 Å². The number of rotatable bonds is 87. The van der Waals surface area contributed by atoms with Gasteiger partial charge in [-0.15, -0.1) is 0 Å². The number of phosphoric ester groups is 2. The van der Waals surface area contributed by atoms with Crippen LogP contribution in [0.4, 0.5) is 0 Å². The minimum Gasteiger partial charge on any atom is -0.463 e. The smallest absolute Gasteiger partial charge is 0.463 e. The molecule has 0 aromatic heterocycles. The Labute approximate surface area is 725 Å². The van der Waals surface area contributed by atoms with E-state index in [2.05, 4.69) is 215 Å². The summed E-state index contributed by atoms with van der Waals surface area (Å²) >= 11 is 0. The van der Waals surface area contributed by atoms with Crippen LogP contribution in [0.5, 0.6) is 0 Å². The second kappa shape index (κ2) is 91.6. The van der Waals surface area contributed by atoms with Crippen LogP contribution >= 0.6 is 15.6 Å². The Kier molecular flexibility index (Phi) is 87.3. The molecule has 5 atom stereocenters. The number of esters is 3. The molecule has 0 heterocycles. The van der Waals surface area contributed by atoms with E-state index in [-0.39, 0.29) is 19.3 Å². The van der Waals surface area contributed by atoms with Crippen molar-refractivity contribution in [3.05, 3.63) is 194 Å². The van der Waals surface area contributed by atoms with Crippen molar-refractivity contribution in [3.63, 3.8) is 0 Å². The number of hydrogen-bond acceptors (Lipinski definition) is 14. The van der Waals surface area contributed by atoms with Gasteiger partial charge in [-0.2, -0.15) is 0 Å². The van der Waals surface area contributed by atoms with Crippen LogP contribution < -0.4 is 0 Å². The molecule has 0 fully saturated rings. The van der Waals surface area contributed by atoms with E-state index in [0.717, 1.165) is 180 Å². The summed E-state index contributed by atoms with van der Waals surface area (Å²) in [5.41, 5.74) is 0. The van der Waals surface area contributed by atoms with E-state index in [9.17, 15) is 43.5 Å². The third-order valence-electron chi connectivity index (χ3n) is 19.3. The SMILES string of the molecule is CC/C=C\C/C=C\C/C=C\C/C=C\C/C=C\C/C=C\CCCCCCCCCCCCCCC(=O)OCC(O)COP(=O)(O)OCC(O)COP(=O)(O)OCC(COC(=O)CCCCCCCCCCCCCCC/C=C\C/C=C\C/C=C\C/C=C\CCCCC)OC(=O)CCCCCC/C=C\C/C=C\C/C=C\C/C=C\C/C=C\C/C=C\CC. The van der Waals surface area contributed by atoms with Crippen molar-refractivity contribution in [1.82, 2.24) is 0 Å². The van der Waals surface area contributed by atoms with Crippen LogP contribution in [0, 0.1) is 0 Å². The Balaban J connectivity index is 4.65. The second-order valence-corrected chi connectivity index (χ2v) is 33.6. The normalized spacial score (nSPS) is 14.6. The van der Waals surface area contributed by atoms with Crippen LogP contribution in [-0.2, 0) is 55.8 Å². The maximum absolute atomic E-state index is 13.1. The molecule has 0 radical (unpaired) electrons. The van der Waals surface area contributed by atoms with E-state index in [1.165, 1.54) is 128 Å². The first kappa shape index (κ1) is 113. The molecular weight excluding hydrogens is 1530 g/mol. The van der Waals surface area contributed by atoms with Crippen LogP contribution in [-0.4, -0.2) is 95.9 Å². The Morgan fingerprint density at radius 3 is 0.706 bits per heavy atom. The number of aliphatic hydroxyl groups is 2. The van der Waals surface area contributed by atoms with Crippen LogP contribution in [0.15, 0.2) is 194 Å². The summed E-state index contributed by atoms with van der Waals surface area (Å²) in [5, 5.41) is 20.7. The largest absolute Gasteiger partial charge is 0.472 e. The average molecular weight is 1700 g/mol. The molecule has 0 aromatic rings. The Hall–Kier alpha value is -5.61. The van der Waals surface area contributed by atoms with Crippen LogP contribution in [0.25, 0.3) is 0 Å². The Morgan fingerprint density at radius 2 is 0.445 bits per heavy atom. The standard InChI is InChI=1S/C101H168O16P2/c1-4-7-10-13-16-19-22-25-28-31-34-37-40-42-44-46-47-49-51-52-55-57-60-63-66-69-72-75-78-81-84-87-99(104)111-90-96(102)91-113-118(107,108)114-92-97(103)93-115-119(109,110)116-95-98(117-101(106)89-86-83-80-77-74-71-68-65-62-59-54-39-36-33-30-27-24-21-18-15-12-9-6-3)94-112-100(105)88-85-82-79-76-73-70-67-64-61-58-56-53-50-48-45-43-41-38-35-32-29-26-23-20-17-14-11-8-5-2/h7,9-10,12,16-21,25-30,34-39,42-45,47,49,59,62,68,71,96-98,102-103H,4-6,8,11,13-15,22-24,31-33,40-41,46,48,50-58,60-61,63-67,69-70,72-95H2,1-3H3,(H,107,108)(H,109,110)/b10-7-,12-9-,19-16-,20-17-,21-18-,28-25-,29-26-,30-27-,37-34-,38-35-,39-36-,44-42-,45-43-,49-47-,62-59-,71-68-. The average Bonchev–Trinajstić information content (AvgIpc) is 0.905. The molecule has 0 spiro atoms. The first-order valence-corrected chi connectivity index (χ1v) is 49.7. The van der Waals surface area contributed by atoms with Crippen molar-refractivity contribution >= 4 is 33.6 Å². The van der Waals surface area contributed by atoms with Crippen molar-refractivity contribution in [2.24, 2.45) is 0 Å². The summed E-state index contributed by atoms with van der Waals surface area (Å²) in [6.45, 7) is 2.42. The minimum atomic E-state index is -4.96. The van der Waals surface area contributed by atoms with Crippen molar-refractivity contribution in [2.45, 2.75) is 386 Å². The predicted molar refractivity (Wildman–Crippen MR) is 500 cm³/mol. The summed E-state index contributed by atoms with van der Waals surface area (Å²) < 4.78 is 61.5. The minimum absolute atomic E-state index is 0.0686. The van der Waals surface area contributed by atoms with Crippen LogP contribution in [0.3, 0.4) is 0 Å². The van der Waals surface area contributed by atoms with Gasteiger partial charge in [0.1, 0.15) is 25.4 Å². The lowest BCUT2D eigenvalue weighted by molar-refractivity contribution is -0.161. The Morgan fingerprint density at radius 1 is 0.244 bits per heavy atom. The maximum atomic E-state index is 13.1. The van der Waals surface area contributed by atoms with Crippen LogP contribution in [0.1, 0.15) is 367 Å². The molecule has 0 saturated carbocycles. The molecule has 5 unspecified atom stereocenters. The van der Waals surface area contributed by atoms with Crippen molar-refractivity contribution in [2.75, 3.05) is 39.6 Å². The van der Waals surface area contributed by atoms with E-state index < -0.39 is 91.5 Å². The summed E-state index contributed by atoms with van der Waals surface area (Å²) in [5.74, 6) is -1.61. The van der Waals surface area contributed by atoms with Gasteiger partial charge in [0.25, 0.3) is 0 Å². The highest BCUT2D eigenvalue weighted by molar-refractivity contribution is 7.47. The highest BCUT2D eigenvalue weighted by Crippen LogP contribution is 2.45. The van der Waals surface area contributed by atoms with Gasteiger partial charge >= 0.3 is 33.6 Å². The number of phosphoric acid groups is 2. The lowest BCUT2D eigenvalue weighted by atomic mass is 10.0. The summed E-state index contributed by atoms with van der Waals surface area (Å²) in [6, 6.07) is 0. The zero-order valence-corrected chi connectivity index (χ0v) is 76.5. The molecule has 119 heavy (non-hydrogen) atoms. The van der Waals surface area contributed by atoms with Gasteiger partial charge < -0.3 is 34.2 Å². The highest BCUT2D eigenvalue weighted by atomic mass is 31.2. The van der Waals surface area contributed by atoms with Crippen LogP contribution in [0.2, 0.25) is 0 Å². The molecule has 0 aromatic carbocycles. The molecule has 0 bridgehead atoms. The molecule has 4 N–H and O–H groups in total. The number of ether oxygens (including phenoxy) is 3. The van der Waals surface area contributed by atoms with Crippen molar-refractivity contribution < 1.29 is 75.8 Å². The van der Waals surface area contributed by atoms with E-state index >= 15 is 0 Å². The third-order valence-corrected chi connectivity index (χ3v) is 21.2. The molecular formula is C101H168O16P2. The predicted octanol–water partition coefficient (Wildman–Crippen LogP) is 29.0. The Bertz CT molecular complexity index is 2940. The molecule has 678 valence electrons. The van der Waals surface area contributed by atoms with Crippen molar-refractivity contribution in [1.29, 1.82) is 0 Å². The fourth-order valence-corrected chi connectivity index (χ4v) is 13.9. The monoisotopic (exact) mass is 1700 g/mol. The summed E-state index contributed by atoms with van der Waals surface area (Å²) in [4.78, 5) is 59.0. The molecule has 16 nitrogen and oxygen atoms in total. The lowest BCUT2D eigenvalue weighted by Gasteiger charge is -2.21. The summed E-state index contributed by atoms with van der Waals surface area (Å²) in [7, 11) is -9.83. The quantitative estimate of drug-likeness (QED) is 0.0146. The van der Waals surface area contributed by atoms with Gasteiger partial charge in [-0.3, -0.25) is 32.5 Å². The van der Waals surface area contributed by atoms with E-state index in [1.807, 2.05) is 0 Å². The maximum Gasteiger partial charge on any atom is 0.472 e. The molecule has 0 aliphatic carbocycles. The van der Waals surface area contributed by atoms with Crippen molar-refractivity contribution in [3.8, 4) is 0 Å². The number of unbranched alkanes of at least 4 members (excludes halogenated alkanes) is 32. The fourth-order valence-electron chi connectivity index (χ4n) is 12.3. The van der Waals surface area contributed by atoms with E-state index in [0.29, 0.717) is 19.3 Å². The van der Waals surface area contributed by atoms with E-state index in [4.69, 9.17) is 32.3 Å². The number of allylic oxidation sites excluding steroid dienone is 32. The molecule has 18 heteroatoms. The summed E-state index contributed by atoms with van der Waals surface area (Å²) in [6.07, 6.45) is 122. The molecule has 0 aliphatic heterocycles. The molecule has 0 saturated heterocycles. The lowest BCUT2D eigenvalue weighted by Crippen LogP contribution is -2.30. The van der Waals surface area contributed by atoms with Gasteiger partial charge in [-0.1, -0.05) is 376 Å². The van der Waals surface area contributed by atoms with Gasteiger partial charge in [0.2, 0.25) is 0 Å². The van der Waals surface area contributed by atoms with Gasteiger partial charge in [0.15, 0.2) is 6.10 Å². The topological polar surface area (TPSA) is 231 Å². The first-order valence-electron chi connectivity index (χ1n) is 46.7. The molecule has 0 amide bonds. The molecule has 0 rings (SSSR count). The fraction of sp³-hybridized carbons (Fsp3) is 0.653. The number of aliphatic hydroxyl groups excluding tert-OH is 2. The van der Waals surface area contributed by atoms with Gasteiger partial charge in [0, 0.05) is 19.3 Å². The van der Waals surface area contributed by atoms with Gasteiger partial charge in [-0.05, 0) is 167 Å². The number of hydrogen-bond donors (Lipinski definition) is 4. The zero-order chi connectivity index (χ0) is 86.5. The van der Waals surface area contributed by atoms with Gasteiger partial charge in [-0.25, -0.2) is 9.13 Å². The second-order valence-electron chi connectivity index (χ2n) is 30.7. The number of carbonyl (C=O) groups excluding carboxylic acids is 3. The molecule has 0 aliphatic rings. The number of carbonyl (C=O) groups is 3. The zero-order valence-electron chi connectivity index (χ0n) is 74.7. The van der Waals surface area contributed by atoms with E-state index in [1.54, 1.807) is 0 Å². The third kappa shape index (κ3) is 92.9. The first-order chi connectivity index (χ1) is 58.2.